The maximum absolute atomic E-state index is 5.97. The molecule has 5 heteroatoms. The number of nitrogens with zero attached hydrogens (tertiary/aromatic N) is 3. The molecule has 1 aliphatic rings. The Morgan fingerprint density at radius 1 is 1.07 bits per heavy atom. The lowest BCUT2D eigenvalue weighted by Crippen LogP contribution is -2.30. The second-order valence-corrected chi connectivity index (χ2v) is 7.32. The van der Waals surface area contributed by atoms with Gasteiger partial charge in [0, 0.05) is 47.2 Å². The van der Waals surface area contributed by atoms with E-state index in [1.807, 2.05) is 48.7 Å². The Balaban J connectivity index is 1.34. The molecule has 0 bridgehead atoms. The maximum atomic E-state index is 5.97. The molecule has 27 heavy (non-hydrogen) atoms. The Morgan fingerprint density at radius 3 is 2.78 bits per heavy atom. The Morgan fingerprint density at radius 2 is 1.93 bits per heavy atom. The zero-order valence-electron chi connectivity index (χ0n) is 14.7. The van der Waals surface area contributed by atoms with Crippen molar-refractivity contribution in [2.75, 3.05) is 6.54 Å². The highest BCUT2D eigenvalue weighted by Crippen LogP contribution is 2.25. The molecule has 4 aromatic rings. The van der Waals surface area contributed by atoms with Gasteiger partial charge in [-0.05, 0) is 36.4 Å². The summed E-state index contributed by atoms with van der Waals surface area (Å²) in [6.45, 7) is 2.60. The van der Waals surface area contributed by atoms with E-state index in [9.17, 15) is 0 Å². The van der Waals surface area contributed by atoms with E-state index in [4.69, 9.17) is 21.0 Å². The molecular formula is C22H18ClN3O. The van der Waals surface area contributed by atoms with E-state index in [1.165, 1.54) is 5.56 Å². The number of aromatic nitrogens is 2. The fourth-order valence-corrected chi connectivity index (χ4v) is 3.71. The maximum Gasteiger partial charge on any atom is 0.159 e. The second kappa shape index (κ2) is 6.80. The highest BCUT2D eigenvalue weighted by molar-refractivity contribution is 6.30. The number of halogens is 1. The smallest absolute Gasteiger partial charge is 0.159 e. The minimum atomic E-state index is 0.720. The summed E-state index contributed by atoms with van der Waals surface area (Å²) in [5.74, 6) is 1.76. The minimum Gasteiger partial charge on any atom is -0.460 e. The van der Waals surface area contributed by atoms with Gasteiger partial charge in [-0.1, -0.05) is 29.8 Å². The van der Waals surface area contributed by atoms with Crippen LogP contribution in [0.5, 0.6) is 0 Å². The predicted molar refractivity (Wildman–Crippen MR) is 107 cm³/mol. The van der Waals surface area contributed by atoms with E-state index in [-0.39, 0.29) is 0 Å². The molecule has 0 N–H and O–H groups in total. The summed E-state index contributed by atoms with van der Waals surface area (Å²) in [6, 6.07) is 17.9. The quantitative estimate of drug-likeness (QED) is 0.499. The Hall–Kier alpha value is -2.69. The highest BCUT2D eigenvalue weighted by Gasteiger charge is 2.20. The van der Waals surface area contributed by atoms with Gasteiger partial charge in [0.15, 0.2) is 5.82 Å². The summed E-state index contributed by atoms with van der Waals surface area (Å²) in [5, 5.41) is 1.87. The van der Waals surface area contributed by atoms with Crippen LogP contribution in [0.15, 0.2) is 65.2 Å². The third-order valence-electron chi connectivity index (χ3n) is 4.97. The van der Waals surface area contributed by atoms with Gasteiger partial charge in [-0.25, -0.2) is 9.97 Å². The lowest BCUT2D eigenvalue weighted by atomic mass is 10.1. The topological polar surface area (TPSA) is 42.2 Å². The number of hydrogen-bond acceptors (Lipinski definition) is 4. The summed E-state index contributed by atoms with van der Waals surface area (Å²) < 4.78 is 5.96. The second-order valence-electron chi connectivity index (χ2n) is 6.88. The van der Waals surface area contributed by atoms with Crippen molar-refractivity contribution >= 4 is 22.6 Å². The molecule has 0 saturated carbocycles. The van der Waals surface area contributed by atoms with Crippen LogP contribution >= 0.6 is 11.6 Å². The number of furan rings is 1. The molecule has 0 spiro atoms. The summed E-state index contributed by atoms with van der Waals surface area (Å²) in [4.78, 5) is 11.7. The molecular weight excluding hydrogens is 358 g/mol. The molecule has 2 aromatic heterocycles. The van der Waals surface area contributed by atoms with Crippen molar-refractivity contribution in [2.45, 2.75) is 19.5 Å². The van der Waals surface area contributed by atoms with Crippen LogP contribution in [0.25, 0.3) is 22.4 Å². The van der Waals surface area contributed by atoms with E-state index < -0.39 is 0 Å². The van der Waals surface area contributed by atoms with Gasteiger partial charge in [-0.15, -0.1) is 0 Å². The van der Waals surface area contributed by atoms with Crippen LogP contribution in [-0.4, -0.2) is 21.4 Å². The molecule has 1 aliphatic heterocycles. The van der Waals surface area contributed by atoms with Crippen molar-refractivity contribution in [3.05, 3.63) is 82.8 Å². The molecule has 0 aliphatic carbocycles. The van der Waals surface area contributed by atoms with Crippen LogP contribution in [-0.2, 0) is 19.5 Å². The molecule has 0 unspecified atom stereocenters. The van der Waals surface area contributed by atoms with Gasteiger partial charge in [0.1, 0.15) is 11.3 Å². The van der Waals surface area contributed by atoms with Crippen LogP contribution in [0.2, 0.25) is 5.02 Å². The molecule has 0 radical (unpaired) electrons. The Kier molecular flexibility index (Phi) is 4.15. The minimum absolute atomic E-state index is 0.720. The number of benzene rings is 2. The number of rotatable bonds is 3. The molecule has 3 heterocycles. The summed E-state index contributed by atoms with van der Waals surface area (Å²) in [5.41, 5.74) is 4.26. The first-order valence-corrected chi connectivity index (χ1v) is 9.43. The van der Waals surface area contributed by atoms with Crippen molar-refractivity contribution in [3.8, 4) is 11.4 Å². The zero-order valence-corrected chi connectivity index (χ0v) is 15.5. The Bertz CT molecular complexity index is 1070. The van der Waals surface area contributed by atoms with Crippen molar-refractivity contribution in [1.29, 1.82) is 0 Å². The number of fused-ring (bicyclic) bond motifs is 2. The van der Waals surface area contributed by atoms with Gasteiger partial charge in [0.25, 0.3) is 0 Å². The summed E-state index contributed by atoms with van der Waals surface area (Å²) in [6.07, 6.45) is 2.87. The largest absolute Gasteiger partial charge is 0.460 e. The van der Waals surface area contributed by atoms with Gasteiger partial charge in [-0.3, -0.25) is 4.90 Å². The van der Waals surface area contributed by atoms with Gasteiger partial charge >= 0.3 is 0 Å². The molecule has 0 atom stereocenters. The molecule has 4 nitrogen and oxygen atoms in total. The highest BCUT2D eigenvalue weighted by atomic mass is 35.5. The Labute approximate surface area is 162 Å². The van der Waals surface area contributed by atoms with E-state index in [2.05, 4.69) is 22.0 Å². The lowest BCUT2D eigenvalue weighted by molar-refractivity contribution is 0.225. The average molecular weight is 376 g/mol. The normalized spacial score (nSPS) is 14.4. The first kappa shape index (κ1) is 16.5. The third kappa shape index (κ3) is 3.34. The van der Waals surface area contributed by atoms with E-state index >= 15 is 0 Å². The van der Waals surface area contributed by atoms with Gasteiger partial charge in [-0.2, -0.15) is 0 Å². The van der Waals surface area contributed by atoms with E-state index in [0.29, 0.717) is 0 Å². The van der Waals surface area contributed by atoms with Gasteiger partial charge < -0.3 is 4.42 Å². The average Bonchev–Trinajstić information content (AvgIpc) is 3.10. The predicted octanol–water partition coefficient (Wildman–Crippen LogP) is 5.10. The van der Waals surface area contributed by atoms with Crippen LogP contribution in [0.3, 0.4) is 0 Å². The van der Waals surface area contributed by atoms with Crippen LogP contribution in [0.1, 0.15) is 17.0 Å². The lowest BCUT2D eigenvalue weighted by Gasteiger charge is -2.27. The molecule has 5 rings (SSSR count). The van der Waals surface area contributed by atoms with Crippen molar-refractivity contribution in [3.63, 3.8) is 0 Å². The molecule has 0 fully saturated rings. The number of hydrogen-bond donors (Lipinski definition) is 0. The zero-order chi connectivity index (χ0) is 18.2. The van der Waals surface area contributed by atoms with Crippen LogP contribution < -0.4 is 0 Å². The summed E-state index contributed by atoms with van der Waals surface area (Å²) >= 11 is 5.97. The van der Waals surface area contributed by atoms with Crippen molar-refractivity contribution in [2.24, 2.45) is 0 Å². The fourth-order valence-electron chi connectivity index (χ4n) is 3.58. The van der Waals surface area contributed by atoms with E-state index in [0.717, 1.165) is 64.9 Å². The van der Waals surface area contributed by atoms with E-state index in [1.54, 1.807) is 0 Å². The monoisotopic (exact) mass is 375 g/mol. The van der Waals surface area contributed by atoms with Crippen molar-refractivity contribution in [1.82, 2.24) is 14.9 Å². The van der Waals surface area contributed by atoms with Gasteiger partial charge in [0.05, 0.1) is 12.2 Å². The molecule has 0 saturated heterocycles. The first-order chi connectivity index (χ1) is 13.2. The third-order valence-corrected chi connectivity index (χ3v) is 5.22. The fraction of sp³-hybridized carbons (Fsp3) is 0.182. The number of para-hydroxylation sites is 1. The molecule has 2 aromatic carbocycles. The first-order valence-electron chi connectivity index (χ1n) is 9.05. The standard InChI is InChI=1S/C22H18ClN3O/c23-18-7-5-15(6-8-18)22-24-12-17-13-26(10-9-20(17)25-22)14-19-11-16-3-1-2-4-21(16)27-19/h1-8,11-12H,9-10,13-14H2. The molecule has 0 amide bonds. The molecule has 134 valence electrons. The van der Waals surface area contributed by atoms with Crippen LogP contribution in [0, 0.1) is 0 Å². The summed E-state index contributed by atoms with van der Waals surface area (Å²) in [7, 11) is 0. The van der Waals surface area contributed by atoms with Crippen molar-refractivity contribution < 1.29 is 4.42 Å². The van der Waals surface area contributed by atoms with Gasteiger partial charge in [0.2, 0.25) is 0 Å². The SMILES string of the molecule is Clc1ccc(-c2ncc3c(n2)CCN(Cc2cc4ccccc4o2)C3)cc1. The van der Waals surface area contributed by atoms with Crippen LogP contribution in [0.4, 0.5) is 0 Å².